The van der Waals surface area contributed by atoms with Crippen molar-refractivity contribution in [3.63, 3.8) is 0 Å². The van der Waals surface area contributed by atoms with Crippen LogP contribution in [-0.2, 0) is 9.59 Å². The maximum Gasteiger partial charge on any atom is 0.313 e. The summed E-state index contributed by atoms with van der Waals surface area (Å²) in [6, 6.07) is 5.59. The van der Waals surface area contributed by atoms with Gasteiger partial charge in [-0.15, -0.1) is 0 Å². The number of likely N-dealkylation sites (tertiary alicyclic amines) is 1. The lowest BCUT2D eigenvalue weighted by Crippen LogP contribution is -2.48. The quantitative estimate of drug-likeness (QED) is 0.839. The fraction of sp³-hybridized carbons (Fsp3) is 0.529. The highest BCUT2D eigenvalue weighted by Gasteiger charge is 2.30. The van der Waals surface area contributed by atoms with E-state index in [4.69, 9.17) is 5.11 Å². The summed E-state index contributed by atoms with van der Waals surface area (Å²) in [6.45, 7) is 4.51. The Morgan fingerprint density at radius 1 is 1.32 bits per heavy atom. The second-order valence-corrected chi connectivity index (χ2v) is 5.86. The van der Waals surface area contributed by atoms with Gasteiger partial charge in [0, 0.05) is 24.9 Å². The number of rotatable bonds is 3. The molecule has 0 spiro atoms. The van der Waals surface area contributed by atoms with Gasteiger partial charge in [-0.05, 0) is 56.7 Å². The summed E-state index contributed by atoms with van der Waals surface area (Å²) >= 11 is 0. The van der Waals surface area contributed by atoms with Crippen LogP contribution in [-0.4, -0.2) is 41.0 Å². The zero-order valence-electron chi connectivity index (χ0n) is 13.3. The van der Waals surface area contributed by atoms with Gasteiger partial charge in [0.05, 0.1) is 0 Å². The molecule has 22 heavy (non-hydrogen) atoms. The molecule has 1 aromatic carbocycles. The molecule has 1 atom stereocenters. The van der Waals surface area contributed by atoms with Crippen LogP contribution in [0.3, 0.4) is 0 Å². The summed E-state index contributed by atoms with van der Waals surface area (Å²) in [5, 5.41) is 11.8. The molecule has 1 fully saturated rings. The average molecular weight is 304 g/mol. The minimum atomic E-state index is -0.599. The highest BCUT2D eigenvalue weighted by atomic mass is 16.3. The van der Waals surface area contributed by atoms with Crippen LogP contribution in [0.2, 0.25) is 0 Å². The van der Waals surface area contributed by atoms with Crippen molar-refractivity contribution in [3.05, 3.63) is 29.3 Å². The van der Waals surface area contributed by atoms with E-state index in [-0.39, 0.29) is 12.6 Å². The van der Waals surface area contributed by atoms with Crippen molar-refractivity contribution < 1.29 is 14.7 Å². The molecule has 0 saturated carbocycles. The van der Waals surface area contributed by atoms with Gasteiger partial charge in [-0.3, -0.25) is 9.59 Å². The molecule has 1 aliphatic rings. The fourth-order valence-corrected chi connectivity index (χ4v) is 2.91. The molecule has 2 rings (SSSR count). The summed E-state index contributed by atoms with van der Waals surface area (Å²) < 4.78 is 0. The maximum absolute atomic E-state index is 12.4. The van der Waals surface area contributed by atoms with E-state index in [1.807, 2.05) is 26.0 Å². The molecule has 1 unspecified atom stereocenters. The number of anilines is 1. The molecule has 1 saturated heterocycles. The van der Waals surface area contributed by atoms with Crippen LogP contribution in [0.25, 0.3) is 0 Å². The second-order valence-electron chi connectivity index (χ2n) is 5.86. The molecular weight excluding hydrogens is 280 g/mol. The highest BCUT2D eigenvalue weighted by Crippen LogP contribution is 2.21. The van der Waals surface area contributed by atoms with Gasteiger partial charge < -0.3 is 15.3 Å². The van der Waals surface area contributed by atoms with Crippen molar-refractivity contribution in [2.45, 2.75) is 45.6 Å². The lowest BCUT2D eigenvalue weighted by Gasteiger charge is -2.35. The number of carbonyl (C=O) groups excluding carboxylic acids is 2. The zero-order valence-corrected chi connectivity index (χ0v) is 13.3. The van der Waals surface area contributed by atoms with E-state index in [1.165, 1.54) is 0 Å². The summed E-state index contributed by atoms with van der Waals surface area (Å²) in [7, 11) is 0. The van der Waals surface area contributed by atoms with Gasteiger partial charge in [0.2, 0.25) is 0 Å². The molecule has 1 aromatic rings. The van der Waals surface area contributed by atoms with Crippen molar-refractivity contribution in [3.8, 4) is 0 Å². The Bertz CT molecular complexity index is 555. The van der Waals surface area contributed by atoms with E-state index in [2.05, 4.69) is 5.32 Å². The third kappa shape index (κ3) is 3.65. The van der Waals surface area contributed by atoms with E-state index < -0.39 is 11.8 Å². The second kappa shape index (κ2) is 7.40. The Balaban J connectivity index is 2.07. The van der Waals surface area contributed by atoms with Crippen LogP contribution in [0.4, 0.5) is 5.69 Å². The van der Waals surface area contributed by atoms with E-state index >= 15 is 0 Å². The lowest BCUT2D eigenvalue weighted by molar-refractivity contribution is -0.146. The third-order valence-electron chi connectivity index (χ3n) is 4.40. The zero-order chi connectivity index (χ0) is 16.1. The molecule has 2 amide bonds. The van der Waals surface area contributed by atoms with Crippen molar-refractivity contribution in [1.82, 2.24) is 4.90 Å². The summed E-state index contributed by atoms with van der Waals surface area (Å²) in [6.07, 6.45) is 3.32. The number of aryl methyl sites for hydroxylation is 1. The van der Waals surface area contributed by atoms with Gasteiger partial charge in [-0.2, -0.15) is 0 Å². The predicted molar refractivity (Wildman–Crippen MR) is 85.6 cm³/mol. The minimum Gasteiger partial charge on any atom is -0.396 e. The van der Waals surface area contributed by atoms with Crippen molar-refractivity contribution in [2.75, 3.05) is 18.5 Å². The molecule has 0 aliphatic carbocycles. The number of nitrogens with zero attached hydrogens (tertiary/aromatic N) is 1. The van der Waals surface area contributed by atoms with Crippen LogP contribution in [0.15, 0.2) is 18.2 Å². The molecule has 1 heterocycles. The Labute approximate surface area is 131 Å². The first kappa shape index (κ1) is 16.5. The first-order valence-corrected chi connectivity index (χ1v) is 7.83. The molecule has 120 valence electrons. The normalized spacial score (nSPS) is 18.1. The number of aliphatic hydroxyl groups excluding tert-OH is 1. The SMILES string of the molecule is Cc1cccc(NC(=O)C(=O)N2CCCCC2CCO)c1C. The third-order valence-corrected chi connectivity index (χ3v) is 4.40. The van der Waals surface area contributed by atoms with Gasteiger partial charge in [-0.25, -0.2) is 0 Å². The van der Waals surface area contributed by atoms with E-state index in [9.17, 15) is 9.59 Å². The van der Waals surface area contributed by atoms with Gasteiger partial charge in [0.15, 0.2) is 0 Å². The van der Waals surface area contributed by atoms with Crippen LogP contribution >= 0.6 is 0 Å². The number of piperidine rings is 1. The summed E-state index contributed by atoms with van der Waals surface area (Å²) in [5.74, 6) is -1.10. The number of aliphatic hydroxyl groups is 1. The summed E-state index contributed by atoms with van der Waals surface area (Å²) in [4.78, 5) is 26.3. The molecule has 5 nitrogen and oxygen atoms in total. The van der Waals surface area contributed by atoms with Crippen LogP contribution in [0, 0.1) is 13.8 Å². The van der Waals surface area contributed by atoms with Gasteiger partial charge in [0.25, 0.3) is 0 Å². The number of carbonyl (C=O) groups is 2. The maximum atomic E-state index is 12.4. The van der Waals surface area contributed by atoms with Gasteiger partial charge in [-0.1, -0.05) is 12.1 Å². The summed E-state index contributed by atoms with van der Waals surface area (Å²) in [5.41, 5.74) is 2.71. The number of nitrogens with one attached hydrogen (secondary N) is 1. The Morgan fingerprint density at radius 3 is 2.82 bits per heavy atom. The van der Waals surface area contributed by atoms with E-state index in [0.717, 1.165) is 30.4 Å². The number of benzene rings is 1. The van der Waals surface area contributed by atoms with Crippen molar-refractivity contribution >= 4 is 17.5 Å². The first-order valence-electron chi connectivity index (χ1n) is 7.83. The number of hydrogen-bond acceptors (Lipinski definition) is 3. The van der Waals surface area contributed by atoms with E-state index in [1.54, 1.807) is 11.0 Å². The van der Waals surface area contributed by atoms with Gasteiger partial charge in [0.1, 0.15) is 0 Å². The Hall–Kier alpha value is -1.88. The van der Waals surface area contributed by atoms with Crippen LogP contribution in [0.5, 0.6) is 0 Å². The van der Waals surface area contributed by atoms with Crippen molar-refractivity contribution in [1.29, 1.82) is 0 Å². The van der Waals surface area contributed by atoms with Crippen LogP contribution < -0.4 is 5.32 Å². The average Bonchev–Trinajstić information content (AvgIpc) is 2.52. The Kier molecular flexibility index (Phi) is 5.55. The number of hydrogen-bond donors (Lipinski definition) is 2. The smallest absolute Gasteiger partial charge is 0.313 e. The van der Waals surface area contributed by atoms with Crippen molar-refractivity contribution in [2.24, 2.45) is 0 Å². The molecule has 0 aromatic heterocycles. The monoisotopic (exact) mass is 304 g/mol. The first-order chi connectivity index (χ1) is 10.5. The molecule has 1 aliphatic heterocycles. The standard InChI is InChI=1S/C17H24N2O3/c1-12-6-5-8-15(13(12)2)18-16(21)17(22)19-10-4-3-7-14(19)9-11-20/h5-6,8,14,20H,3-4,7,9-11H2,1-2H3,(H,18,21). The van der Waals surface area contributed by atoms with Crippen LogP contribution in [0.1, 0.15) is 36.8 Å². The number of amides is 2. The largest absolute Gasteiger partial charge is 0.396 e. The predicted octanol–water partition coefficient (Wildman–Crippen LogP) is 2.01. The van der Waals surface area contributed by atoms with Gasteiger partial charge >= 0.3 is 11.8 Å². The minimum absolute atomic E-state index is 0.0318. The molecule has 0 radical (unpaired) electrons. The van der Waals surface area contributed by atoms with E-state index in [0.29, 0.717) is 18.7 Å². The molecule has 5 heteroatoms. The molecule has 2 N–H and O–H groups in total. The lowest BCUT2D eigenvalue weighted by atomic mass is 9.99. The topological polar surface area (TPSA) is 69.6 Å². The molecular formula is C17H24N2O3. The fourth-order valence-electron chi connectivity index (χ4n) is 2.91. The Morgan fingerprint density at radius 2 is 2.09 bits per heavy atom. The highest BCUT2D eigenvalue weighted by molar-refractivity contribution is 6.39. The molecule has 0 bridgehead atoms.